The summed E-state index contributed by atoms with van der Waals surface area (Å²) in [6.45, 7) is 5.46. The molecule has 0 bridgehead atoms. The summed E-state index contributed by atoms with van der Waals surface area (Å²) in [4.78, 5) is 0. The molecule has 74 valence electrons. The molecule has 0 fully saturated rings. The third-order valence-electron chi connectivity index (χ3n) is 2.28. The van der Waals surface area contributed by atoms with E-state index in [0.717, 1.165) is 16.5 Å². The molecule has 0 saturated heterocycles. The summed E-state index contributed by atoms with van der Waals surface area (Å²) >= 11 is 0. The van der Waals surface area contributed by atoms with E-state index in [2.05, 4.69) is 0 Å². The summed E-state index contributed by atoms with van der Waals surface area (Å²) in [6, 6.07) is 7.90. The first kappa shape index (κ1) is 9.28. The van der Waals surface area contributed by atoms with Gasteiger partial charge in [0, 0.05) is 5.39 Å². The predicted octanol–water partition coefficient (Wildman–Crippen LogP) is 2.97. The maximum Gasteiger partial charge on any atom is 0.136 e. The van der Waals surface area contributed by atoms with E-state index >= 15 is 0 Å². The fourth-order valence-corrected chi connectivity index (χ4v) is 1.44. The SMILES string of the molecule is Cc1ccc2cc(C(C)(C)O)oc2c1. The Balaban J connectivity index is 2.63. The lowest BCUT2D eigenvalue weighted by atomic mass is 10.1. The summed E-state index contributed by atoms with van der Waals surface area (Å²) in [6.07, 6.45) is 0. The molecule has 0 unspecified atom stereocenters. The number of aliphatic hydroxyl groups is 1. The average Bonchev–Trinajstić information content (AvgIpc) is 2.45. The van der Waals surface area contributed by atoms with Crippen molar-refractivity contribution in [3.05, 3.63) is 35.6 Å². The summed E-state index contributed by atoms with van der Waals surface area (Å²) in [5.41, 5.74) is 1.09. The van der Waals surface area contributed by atoms with Gasteiger partial charge in [0.2, 0.25) is 0 Å². The second kappa shape index (κ2) is 2.85. The van der Waals surface area contributed by atoms with Crippen LogP contribution in [0.1, 0.15) is 25.2 Å². The zero-order chi connectivity index (χ0) is 10.3. The minimum Gasteiger partial charge on any atom is -0.458 e. The first-order valence-electron chi connectivity index (χ1n) is 4.70. The van der Waals surface area contributed by atoms with Crippen LogP contribution in [0.2, 0.25) is 0 Å². The van der Waals surface area contributed by atoms with Crippen molar-refractivity contribution >= 4 is 11.0 Å². The van der Waals surface area contributed by atoms with Gasteiger partial charge in [-0.25, -0.2) is 0 Å². The fraction of sp³-hybridized carbons (Fsp3) is 0.333. The van der Waals surface area contributed by atoms with Gasteiger partial charge >= 0.3 is 0 Å². The second-order valence-corrected chi connectivity index (χ2v) is 4.21. The molecule has 2 rings (SSSR count). The minimum atomic E-state index is -0.910. The topological polar surface area (TPSA) is 33.4 Å². The first-order chi connectivity index (χ1) is 6.47. The molecule has 2 aromatic rings. The average molecular weight is 190 g/mol. The highest BCUT2D eigenvalue weighted by molar-refractivity contribution is 5.78. The van der Waals surface area contributed by atoms with Crippen LogP contribution in [0.5, 0.6) is 0 Å². The highest BCUT2D eigenvalue weighted by Crippen LogP contribution is 2.27. The Morgan fingerprint density at radius 3 is 2.57 bits per heavy atom. The zero-order valence-electron chi connectivity index (χ0n) is 8.66. The second-order valence-electron chi connectivity index (χ2n) is 4.21. The Labute approximate surface area is 83.2 Å². The lowest BCUT2D eigenvalue weighted by molar-refractivity contribution is 0.0559. The van der Waals surface area contributed by atoms with E-state index in [0.29, 0.717) is 5.76 Å². The largest absolute Gasteiger partial charge is 0.458 e. The molecule has 1 aromatic carbocycles. The van der Waals surface area contributed by atoms with Crippen molar-refractivity contribution in [2.45, 2.75) is 26.4 Å². The number of aryl methyl sites for hydroxylation is 1. The van der Waals surface area contributed by atoms with Crippen LogP contribution < -0.4 is 0 Å². The Bertz CT molecular complexity index is 461. The summed E-state index contributed by atoms with van der Waals surface area (Å²) in [5, 5.41) is 10.8. The lowest BCUT2D eigenvalue weighted by Gasteiger charge is -2.12. The molecule has 1 N–H and O–H groups in total. The molecule has 0 atom stereocenters. The van der Waals surface area contributed by atoms with Crippen LogP contribution >= 0.6 is 0 Å². The summed E-state index contributed by atoms with van der Waals surface area (Å²) in [5.74, 6) is 0.609. The van der Waals surface area contributed by atoms with Gasteiger partial charge < -0.3 is 9.52 Å². The third kappa shape index (κ3) is 1.53. The first-order valence-corrected chi connectivity index (χ1v) is 4.70. The van der Waals surface area contributed by atoms with E-state index in [1.54, 1.807) is 13.8 Å². The van der Waals surface area contributed by atoms with Crippen LogP contribution in [0.4, 0.5) is 0 Å². The Morgan fingerprint density at radius 2 is 1.93 bits per heavy atom. The molecule has 1 heterocycles. The van der Waals surface area contributed by atoms with Crippen molar-refractivity contribution in [2.24, 2.45) is 0 Å². The number of rotatable bonds is 1. The molecular formula is C12H14O2. The van der Waals surface area contributed by atoms with Gasteiger partial charge in [0.25, 0.3) is 0 Å². The predicted molar refractivity (Wildman–Crippen MR) is 56.2 cm³/mol. The van der Waals surface area contributed by atoms with Gasteiger partial charge in [-0.05, 0) is 38.5 Å². The van der Waals surface area contributed by atoms with E-state index in [-0.39, 0.29) is 0 Å². The number of fused-ring (bicyclic) bond motifs is 1. The van der Waals surface area contributed by atoms with Crippen molar-refractivity contribution in [1.82, 2.24) is 0 Å². The van der Waals surface area contributed by atoms with Crippen LogP contribution in [0.25, 0.3) is 11.0 Å². The number of hydrogen-bond donors (Lipinski definition) is 1. The zero-order valence-corrected chi connectivity index (χ0v) is 8.66. The molecule has 0 spiro atoms. The molecule has 0 aliphatic carbocycles. The van der Waals surface area contributed by atoms with E-state index in [1.165, 1.54) is 0 Å². The van der Waals surface area contributed by atoms with Crippen molar-refractivity contribution < 1.29 is 9.52 Å². The van der Waals surface area contributed by atoms with Crippen molar-refractivity contribution in [3.8, 4) is 0 Å². The van der Waals surface area contributed by atoms with E-state index in [9.17, 15) is 5.11 Å². The molecule has 0 amide bonds. The van der Waals surface area contributed by atoms with Gasteiger partial charge in [0.05, 0.1) is 0 Å². The van der Waals surface area contributed by atoms with E-state index in [1.807, 2.05) is 31.2 Å². The van der Waals surface area contributed by atoms with Gasteiger partial charge in [0.1, 0.15) is 16.9 Å². The van der Waals surface area contributed by atoms with Gasteiger partial charge in [-0.15, -0.1) is 0 Å². The number of hydrogen-bond acceptors (Lipinski definition) is 2. The molecule has 0 aliphatic heterocycles. The van der Waals surface area contributed by atoms with Crippen LogP contribution in [-0.2, 0) is 5.60 Å². The monoisotopic (exact) mass is 190 g/mol. The summed E-state index contributed by atoms with van der Waals surface area (Å²) in [7, 11) is 0. The molecule has 0 aliphatic rings. The minimum absolute atomic E-state index is 0.609. The molecule has 2 nitrogen and oxygen atoms in total. The van der Waals surface area contributed by atoms with Crippen molar-refractivity contribution in [1.29, 1.82) is 0 Å². The van der Waals surface area contributed by atoms with Gasteiger partial charge in [-0.2, -0.15) is 0 Å². The number of furan rings is 1. The molecule has 0 saturated carbocycles. The summed E-state index contributed by atoms with van der Waals surface area (Å²) < 4.78 is 5.56. The highest BCUT2D eigenvalue weighted by atomic mass is 16.4. The fourth-order valence-electron chi connectivity index (χ4n) is 1.44. The number of benzene rings is 1. The highest BCUT2D eigenvalue weighted by Gasteiger charge is 2.20. The van der Waals surface area contributed by atoms with Gasteiger partial charge in [-0.3, -0.25) is 0 Å². The lowest BCUT2D eigenvalue weighted by Crippen LogP contribution is -2.13. The van der Waals surface area contributed by atoms with Crippen molar-refractivity contribution in [3.63, 3.8) is 0 Å². The van der Waals surface area contributed by atoms with E-state index in [4.69, 9.17) is 4.42 Å². The van der Waals surface area contributed by atoms with Gasteiger partial charge in [0.15, 0.2) is 0 Å². The van der Waals surface area contributed by atoms with E-state index < -0.39 is 5.60 Å². The molecular weight excluding hydrogens is 176 g/mol. The molecule has 2 heteroatoms. The van der Waals surface area contributed by atoms with Crippen LogP contribution in [0, 0.1) is 6.92 Å². The molecule has 0 radical (unpaired) electrons. The smallest absolute Gasteiger partial charge is 0.136 e. The quantitative estimate of drug-likeness (QED) is 0.750. The van der Waals surface area contributed by atoms with Gasteiger partial charge in [-0.1, -0.05) is 12.1 Å². The Hall–Kier alpha value is -1.28. The third-order valence-corrected chi connectivity index (χ3v) is 2.28. The molecule has 14 heavy (non-hydrogen) atoms. The maximum atomic E-state index is 9.77. The normalized spacial score (nSPS) is 12.3. The van der Waals surface area contributed by atoms with Crippen LogP contribution in [0.15, 0.2) is 28.7 Å². The molecule has 1 aromatic heterocycles. The standard InChI is InChI=1S/C12H14O2/c1-8-4-5-9-7-11(12(2,3)13)14-10(9)6-8/h4-7,13H,1-3H3. The maximum absolute atomic E-state index is 9.77. The van der Waals surface area contributed by atoms with Crippen molar-refractivity contribution in [2.75, 3.05) is 0 Å². The Kier molecular flexibility index (Phi) is 1.89. The van der Waals surface area contributed by atoms with Crippen LogP contribution in [0.3, 0.4) is 0 Å². The van der Waals surface area contributed by atoms with Crippen LogP contribution in [-0.4, -0.2) is 5.11 Å². The Morgan fingerprint density at radius 1 is 1.21 bits per heavy atom.